The van der Waals surface area contributed by atoms with Crippen molar-refractivity contribution >= 4 is 40.4 Å². The molecule has 142 valence electrons. The van der Waals surface area contributed by atoms with Gasteiger partial charge in [0.1, 0.15) is 5.03 Å². The standard InChI is InChI=1S/C17H13ClF3N3O2S/c18-11-8-10(17(19,20)21)9-22-15(11)27-16-23-12-4-1-2-5-13(12)24(16)7-3-6-14(25)26/h1-2,4-5,8-9H,3,6-7H2,(H,25,26). The maximum absolute atomic E-state index is 12.8. The van der Waals surface area contributed by atoms with E-state index in [1.54, 1.807) is 6.07 Å². The molecule has 5 nitrogen and oxygen atoms in total. The molecule has 1 aromatic carbocycles. The van der Waals surface area contributed by atoms with Crippen LogP contribution >= 0.6 is 23.4 Å². The van der Waals surface area contributed by atoms with Crippen LogP contribution in [0.4, 0.5) is 13.2 Å². The molecule has 2 heterocycles. The Morgan fingerprint density at radius 3 is 2.70 bits per heavy atom. The average Bonchev–Trinajstić information content (AvgIpc) is 2.93. The molecule has 3 aromatic rings. The molecular weight excluding hydrogens is 403 g/mol. The molecule has 0 aliphatic rings. The highest BCUT2D eigenvalue weighted by Gasteiger charge is 2.31. The fraction of sp³-hybridized carbons (Fsp3) is 0.235. The summed E-state index contributed by atoms with van der Waals surface area (Å²) in [5, 5.41) is 9.39. The quantitative estimate of drug-likeness (QED) is 0.605. The lowest BCUT2D eigenvalue weighted by Gasteiger charge is -2.10. The number of alkyl halides is 3. The number of carbonyl (C=O) groups is 1. The van der Waals surface area contributed by atoms with Gasteiger partial charge in [0.2, 0.25) is 0 Å². The predicted molar refractivity (Wildman–Crippen MR) is 95.0 cm³/mol. The number of halogens is 4. The van der Waals surface area contributed by atoms with E-state index in [4.69, 9.17) is 16.7 Å². The van der Waals surface area contributed by atoms with Gasteiger partial charge in [0.15, 0.2) is 5.16 Å². The molecule has 0 radical (unpaired) electrons. The van der Waals surface area contributed by atoms with Crippen LogP contribution in [0.25, 0.3) is 11.0 Å². The molecule has 1 N–H and O–H groups in total. The van der Waals surface area contributed by atoms with Gasteiger partial charge in [-0.3, -0.25) is 4.79 Å². The van der Waals surface area contributed by atoms with Crippen LogP contribution in [0.3, 0.4) is 0 Å². The van der Waals surface area contributed by atoms with Crippen molar-refractivity contribution in [1.29, 1.82) is 0 Å². The molecule has 2 aromatic heterocycles. The van der Waals surface area contributed by atoms with Crippen LogP contribution in [0.2, 0.25) is 5.02 Å². The topological polar surface area (TPSA) is 68.0 Å². The number of para-hydroxylation sites is 2. The maximum Gasteiger partial charge on any atom is 0.417 e. The zero-order valence-electron chi connectivity index (χ0n) is 13.7. The molecule has 0 unspecified atom stereocenters. The highest BCUT2D eigenvalue weighted by atomic mass is 35.5. The Morgan fingerprint density at radius 1 is 1.30 bits per heavy atom. The van der Waals surface area contributed by atoms with Gasteiger partial charge < -0.3 is 9.67 Å². The van der Waals surface area contributed by atoms with Gasteiger partial charge in [-0.25, -0.2) is 9.97 Å². The van der Waals surface area contributed by atoms with Crippen LogP contribution in [0.1, 0.15) is 18.4 Å². The van der Waals surface area contributed by atoms with Gasteiger partial charge in [0.05, 0.1) is 21.6 Å². The fourth-order valence-corrected chi connectivity index (χ4v) is 3.64. The van der Waals surface area contributed by atoms with Crippen LogP contribution in [-0.2, 0) is 17.5 Å². The van der Waals surface area contributed by atoms with Crippen LogP contribution in [0.15, 0.2) is 46.7 Å². The summed E-state index contributed by atoms with van der Waals surface area (Å²) in [4.78, 5) is 19.1. The summed E-state index contributed by atoms with van der Waals surface area (Å²) in [6.45, 7) is 0.396. The third-order valence-corrected chi connectivity index (χ3v) is 5.13. The summed E-state index contributed by atoms with van der Waals surface area (Å²) in [7, 11) is 0. The van der Waals surface area contributed by atoms with Crippen LogP contribution in [-0.4, -0.2) is 25.6 Å². The Labute approximate surface area is 161 Å². The van der Waals surface area contributed by atoms with Crippen LogP contribution in [0, 0.1) is 0 Å². The second kappa shape index (κ2) is 7.77. The van der Waals surface area contributed by atoms with E-state index in [0.29, 0.717) is 23.6 Å². The van der Waals surface area contributed by atoms with E-state index in [0.717, 1.165) is 29.5 Å². The number of fused-ring (bicyclic) bond motifs is 1. The van der Waals surface area contributed by atoms with E-state index >= 15 is 0 Å². The van der Waals surface area contributed by atoms with Crippen molar-refractivity contribution in [3.63, 3.8) is 0 Å². The highest BCUT2D eigenvalue weighted by molar-refractivity contribution is 7.99. The van der Waals surface area contributed by atoms with Crippen molar-refractivity contribution in [2.24, 2.45) is 0 Å². The summed E-state index contributed by atoms with van der Waals surface area (Å²) >= 11 is 7.02. The Balaban J connectivity index is 1.93. The molecule has 0 fully saturated rings. The minimum absolute atomic E-state index is 0.00407. The van der Waals surface area contributed by atoms with Crippen LogP contribution < -0.4 is 0 Å². The molecule has 0 atom stereocenters. The number of rotatable bonds is 6. The molecule has 0 bridgehead atoms. The van der Waals surface area contributed by atoms with E-state index in [2.05, 4.69) is 9.97 Å². The van der Waals surface area contributed by atoms with Gasteiger partial charge in [0.25, 0.3) is 0 Å². The smallest absolute Gasteiger partial charge is 0.417 e. The summed E-state index contributed by atoms with van der Waals surface area (Å²) in [5.41, 5.74) is 0.568. The minimum atomic E-state index is -4.52. The summed E-state index contributed by atoms with van der Waals surface area (Å²) in [6, 6.07) is 8.11. The molecular formula is C17H13ClF3N3O2S. The second-order valence-corrected chi connectivity index (χ2v) is 7.01. The predicted octanol–water partition coefficient (Wildman–Crippen LogP) is 5.12. The second-order valence-electron chi connectivity index (χ2n) is 5.64. The monoisotopic (exact) mass is 415 g/mol. The molecule has 0 spiro atoms. The van der Waals surface area contributed by atoms with Gasteiger partial charge >= 0.3 is 12.1 Å². The Bertz CT molecular complexity index is 991. The maximum atomic E-state index is 12.8. The Kier molecular flexibility index (Phi) is 5.61. The molecule has 0 saturated heterocycles. The third kappa shape index (κ3) is 4.54. The summed E-state index contributed by atoms with van der Waals surface area (Å²) < 4.78 is 40.1. The summed E-state index contributed by atoms with van der Waals surface area (Å²) in [5.74, 6) is -0.902. The lowest BCUT2D eigenvalue weighted by molar-refractivity contribution is -0.138. The minimum Gasteiger partial charge on any atom is -0.481 e. The van der Waals surface area contributed by atoms with Crippen molar-refractivity contribution in [2.45, 2.75) is 35.7 Å². The number of aromatic nitrogens is 3. The van der Waals surface area contributed by atoms with Crippen molar-refractivity contribution in [3.8, 4) is 0 Å². The fourth-order valence-electron chi connectivity index (χ4n) is 2.48. The number of nitrogens with zero attached hydrogens (tertiary/aromatic N) is 3. The van der Waals surface area contributed by atoms with E-state index < -0.39 is 17.7 Å². The van der Waals surface area contributed by atoms with Crippen molar-refractivity contribution in [1.82, 2.24) is 14.5 Å². The zero-order chi connectivity index (χ0) is 19.6. The normalized spacial score (nSPS) is 11.9. The first kappa shape index (κ1) is 19.5. The number of pyridine rings is 1. The third-order valence-electron chi connectivity index (χ3n) is 3.71. The first-order chi connectivity index (χ1) is 12.8. The molecule has 0 amide bonds. The molecule has 0 aliphatic carbocycles. The molecule has 0 aliphatic heterocycles. The lowest BCUT2D eigenvalue weighted by Crippen LogP contribution is -2.06. The first-order valence-corrected chi connectivity index (χ1v) is 9.03. The number of aliphatic carboxylic acids is 1. The number of benzene rings is 1. The van der Waals surface area contributed by atoms with E-state index in [9.17, 15) is 18.0 Å². The molecule has 27 heavy (non-hydrogen) atoms. The van der Waals surface area contributed by atoms with E-state index in [1.165, 1.54) is 0 Å². The van der Waals surface area contributed by atoms with Gasteiger partial charge in [-0.15, -0.1) is 0 Å². The molecule has 3 rings (SSSR count). The zero-order valence-corrected chi connectivity index (χ0v) is 15.3. The molecule has 0 saturated carbocycles. The average molecular weight is 416 g/mol. The number of imidazole rings is 1. The van der Waals surface area contributed by atoms with E-state index in [-0.39, 0.29) is 16.5 Å². The highest BCUT2D eigenvalue weighted by Crippen LogP contribution is 2.37. The lowest BCUT2D eigenvalue weighted by atomic mass is 10.3. The van der Waals surface area contributed by atoms with Crippen LogP contribution in [0.5, 0.6) is 0 Å². The molecule has 10 heteroatoms. The van der Waals surface area contributed by atoms with E-state index in [1.807, 2.05) is 22.8 Å². The number of carboxylic acid groups (broad SMARTS) is 1. The first-order valence-electron chi connectivity index (χ1n) is 7.83. The number of hydrogen-bond donors (Lipinski definition) is 1. The number of carboxylic acids is 1. The van der Waals surface area contributed by atoms with Gasteiger partial charge in [0, 0.05) is 19.2 Å². The number of hydrogen-bond acceptors (Lipinski definition) is 4. The summed E-state index contributed by atoms with van der Waals surface area (Å²) in [6.07, 6.45) is -3.41. The largest absolute Gasteiger partial charge is 0.481 e. The van der Waals surface area contributed by atoms with Crippen molar-refractivity contribution < 1.29 is 23.1 Å². The SMILES string of the molecule is O=C(O)CCCn1c(Sc2ncc(C(F)(F)F)cc2Cl)nc2ccccc21. The van der Waals surface area contributed by atoms with Gasteiger partial charge in [-0.05, 0) is 36.4 Å². The number of aryl methyl sites for hydroxylation is 1. The Morgan fingerprint density at radius 2 is 2.04 bits per heavy atom. The van der Waals surface area contributed by atoms with Crippen molar-refractivity contribution in [2.75, 3.05) is 0 Å². The van der Waals surface area contributed by atoms with Gasteiger partial charge in [-0.2, -0.15) is 13.2 Å². The van der Waals surface area contributed by atoms with Crippen molar-refractivity contribution in [3.05, 3.63) is 47.1 Å². The Hall–Kier alpha value is -2.26. The van der Waals surface area contributed by atoms with Gasteiger partial charge in [-0.1, -0.05) is 23.7 Å².